The summed E-state index contributed by atoms with van der Waals surface area (Å²) in [4.78, 5) is 22.7. The summed E-state index contributed by atoms with van der Waals surface area (Å²) >= 11 is 8.65. The lowest BCUT2D eigenvalue weighted by molar-refractivity contribution is 0.0952. The van der Waals surface area contributed by atoms with E-state index >= 15 is 0 Å². The van der Waals surface area contributed by atoms with Gasteiger partial charge in [-0.25, -0.2) is 4.79 Å². The van der Waals surface area contributed by atoms with Crippen LogP contribution in [-0.4, -0.2) is 37.6 Å². The van der Waals surface area contributed by atoms with Gasteiger partial charge in [0, 0.05) is 23.1 Å². The van der Waals surface area contributed by atoms with Crippen LogP contribution in [-0.2, 0) is 4.74 Å². The molecular weight excluding hydrogens is 336 g/mol. The molecule has 0 aliphatic heterocycles. The molecule has 0 saturated heterocycles. The fourth-order valence-electron chi connectivity index (χ4n) is 1.23. The summed E-state index contributed by atoms with van der Waals surface area (Å²) in [6, 6.07) is 7.00. The van der Waals surface area contributed by atoms with Crippen LogP contribution in [0.5, 0.6) is 0 Å². The molecule has 0 radical (unpaired) electrons. The van der Waals surface area contributed by atoms with E-state index in [9.17, 15) is 9.59 Å². The van der Waals surface area contributed by atoms with Crippen LogP contribution in [0, 0.1) is 0 Å². The highest BCUT2D eigenvalue weighted by atomic mass is 79.9. The van der Waals surface area contributed by atoms with Crippen molar-refractivity contribution in [2.24, 2.45) is 0 Å². The minimum absolute atomic E-state index is 0.165. The lowest BCUT2D eigenvalue weighted by atomic mass is 10.2. The first-order chi connectivity index (χ1) is 9.13. The summed E-state index contributed by atoms with van der Waals surface area (Å²) in [6.45, 7) is 0.785. The van der Waals surface area contributed by atoms with E-state index in [1.807, 2.05) is 0 Å². The molecule has 0 fully saturated rings. The van der Waals surface area contributed by atoms with Crippen LogP contribution < -0.4 is 10.6 Å². The van der Waals surface area contributed by atoms with E-state index in [1.54, 1.807) is 24.3 Å². The molecule has 0 aromatic heterocycles. The van der Waals surface area contributed by atoms with Gasteiger partial charge in [-0.2, -0.15) is 0 Å². The number of amides is 2. The van der Waals surface area contributed by atoms with Crippen molar-refractivity contribution in [2.45, 2.75) is 0 Å². The normalized spacial score (nSPS) is 9.79. The molecular formula is C12H14BrClN2O3. The molecule has 0 unspecified atom stereocenters. The number of halogens is 2. The Bertz CT molecular complexity index is 425. The van der Waals surface area contributed by atoms with Crippen molar-refractivity contribution in [3.8, 4) is 0 Å². The van der Waals surface area contributed by atoms with Gasteiger partial charge in [0.1, 0.15) is 6.61 Å². The number of rotatable bonds is 6. The van der Waals surface area contributed by atoms with E-state index in [4.69, 9.17) is 16.3 Å². The Hall–Kier alpha value is -1.27. The van der Waals surface area contributed by atoms with Crippen molar-refractivity contribution in [3.63, 3.8) is 0 Å². The first kappa shape index (κ1) is 15.8. The number of carbonyl (C=O) groups excluding carboxylic acids is 2. The average molecular weight is 350 g/mol. The molecule has 1 aromatic carbocycles. The Morgan fingerprint density at radius 3 is 2.42 bits per heavy atom. The lowest BCUT2D eigenvalue weighted by Crippen LogP contribution is -2.35. The second-order valence-corrected chi connectivity index (χ2v) is 4.81. The van der Waals surface area contributed by atoms with E-state index in [0.717, 1.165) is 4.47 Å². The van der Waals surface area contributed by atoms with Gasteiger partial charge in [0.25, 0.3) is 5.91 Å². The van der Waals surface area contributed by atoms with Crippen LogP contribution >= 0.6 is 27.5 Å². The van der Waals surface area contributed by atoms with E-state index in [2.05, 4.69) is 26.6 Å². The van der Waals surface area contributed by atoms with Crippen LogP contribution in [0.2, 0.25) is 0 Å². The molecule has 0 saturated carbocycles. The molecule has 2 N–H and O–H groups in total. The molecule has 7 heteroatoms. The third kappa shape index (κ3) is 6.45. The third-order valence-corrected chi connectivity index (χ3v) is 2.78. The van der Waals surface area contributed by atoms with Gasteiger partial charge in [0.2, 0.25) is 0 Å². The van der Waals surface area contributed by atoms with Gasteiger partial charge in [0.15, 0.2) is 0 Å². The number of hydrogen-bond donors (Lipinski definition) is 2. The van der Waals surface area contributed by atoms with Gasteiger partial charge in [-0.05, 0) is 24.3 Å². The summed E-state index contributed by atoms with van der Waals surface area (Å²) in [5.74, 6) is 0.0664. The predicted molar refractivity (Wildman–Crippen MR) is 76.5 cm³/mol. The second kappa shape index (κ2) is 8.77. The zero-order chi connectivity index (χ0) is 14.1. The standard InChI is InChI=1S/C12H14BrClN2O3/c13-10-3-1-9(2-4-10)11(17)15-6-7-16-12(18)19-8-5-14/h1-4H,5-8H2,(H,15,17)(H,16,18). The highest BCUT2D eigenvalue weighted by Crippen LogP contribution is 2.10. The van der Waals surface area contributed by atoms with Crippen molar-refractivity contribution in [1.82, 2.24) is 10.6 Å². The largest absolute Gasteiger partial charge is 0.448 e. The Kier molecular flexibility index (Phi) is 7.28. The molecule has 1 rings (SSSR count). The maximum absolute atomic E-state index is 11.7. The number of benzene rings is 1. The Labute approximate surface area is 124 Å². The van der Waals surface area contributed by atoms with Gasteiger partial charge in [0.05, 0.1) is 5.88 Å². The van der Waals surface area contributed by atoms with E-state index < -0.39 is 6.09 Å². The van der Waals surface area contributed by atoms with E-state index in [0.29, 0.717) is 18.7 Å². The molecule has 0 spiro atoms. The molecule has 0 atom stereocenters. The molecule has 104 valence electrons. The van der Waals surface area contributed by atoms with Crippen molar-refractivity contribution in [2.75, 3.05) is 25.6 Å². The van der Waals surface area contributed by atoms with Gasteiger partial charge in [-0.1, -0.05) is 15.9 Å². The van der Waals surface area contributed by atoms with Gasteiger partial charge in [-0.3, -0.25) is 4.79 Å². The monoisotopic (exact) mass is 348 g/mol. The summed E-state index contributed by atoms with van der Waals surface area (Å²) < 4.78 is 5.61. The van der Waals surface area contributed by atoms with Crippen molar-refractivity contribution in [1.29, 1.82) is 0 Å². The lowest BCUT2D eigenvalue weighted by Gasteiger charge is -2.07. The summed E-state index contributed by atoms with van der Waals surface area (Å²) in [5.41, 5.74) is 0.563. The molecule has 0 aliphatic rings. The quantitative estimate of drug-likeness (QED) is 0.611. The highest BCUT2D eigenvalue weighted by Gasteiger charge is 2.05. The second-order valence-electron chi connectivity index (χ2n) is 3.51. The Balaban J connectivity index is 2.20. The minimum atomic E-state index is -0.543. The van der Waals surface area contributed by atoms with E-state index in [1.165, 1.54) is 0 Å². The van der Waals surface area contributed by atoms with E-state index in [-0.39, 0.29) is 18.4 Å². The van der Waals surface area contributed by atoms with Crippen LogP contribution in [0.1, 0.15) is 10.4 Å². The molecule has 19 heavy (non-hydrogen) atoms. The number of hydrogen-bond acceptors (Lipinski definition) is 3. The predicted octanol–water partition coefficient (Wildman–Crippen LogP) is 2.14. The maximum atomic E-state index is 11.7. The molecule has 0 bridgehead atoms. The molecule has 0 heterocycles. The zero-order valence-corrected chi connectivity index (χ0v) is 12.5. The Morgan fingerprint density at radius 1 is 1.16 bits per heavy atom. The first-order valence-corrected chi connectivity index (χ1v) is 6.96. The number of alkyl halides is 1. The maximum Gasteiger partial charge on any atom is 0.407 e. The summed E-state index contributed by atoms with van der Waals surface area (Å²) in [5, 5.41) is 5.17. The number of carbonyl (C=O) groups is 2. The van der Waals surface area contributed by atoms with Crippen LogP contribution in [0.25, 0.3) is 0 Å². The summed E-state index contributed by atoms with van der Waals surface area (Å²) in [7, 11) is 0. The van der Waals surface area contributed by atoms with Crippen LogP contribution in [0.15, 0.2) is 28.7 Å². The number of alkyl carbamates (subject to hydrolysis) is 1. The van der Waals surface area contributed by atoms with Crippen LogP contribution in [0.3, 0.4) is 0 Å². The molecule has 1 aromatic rings. The smallest absolute Gasteiger partial charge is 0.407 e. The SMILES string of the molecule is O=C(NCCNC(=O)c1ccc(Br)cc1)OCCCl. The van der Waals surface area contributed by atoms with Crippen molar-refractivity contribution >= 4 is 39.5 Å². The minimum Gasteiger partial charge on any atom is -0.448 e. The topological polar surface area (TPSA) is 67.4 Å². The zero-order valence-electron chi connectivity index (χ0n) is 10.1. The Morgan fingerprint density at radius 2 is 1.79 bits per heavy atom. The van der Waals surface area contributed by atoms with Gasteiger partial charge >= 0.3 is 6.09 Å². The van der Waals surface area contributed by atoms with Crippen molar-refractivity contribution < 1.29 is 14.3 Å². The van der Waals surface area contributed by atoms with Crippen LogP contribution in [0.4, 0.5) is 4.79 Å². The number of nitrogens with one attached hydrogen (secondary N) is 2. The van der Waals surface area contributed by atoms with Gasteiger partial charge < -0.3 is 15.4 Å². The molecule has 5 nitrogen and oxygen atoms in total. The number of ether oxygens (including phenoxy) is 1. The average Bonchev–Trinajstić information content (AvgIpc) is 2.41. The molecule has 2 amide bonds. The summed E-state index contributed by atoms with van der Waals surface area (Å²) in [6.07, 6.45) is -0.543. The third-order valence-electron chi connectivity index (χ3n) is 2.10. The van der Waals surface area contributed by atoms with Crippen molar-refractivity contribution in [3.05, 3.63) is 34.3 Å². The fourth-order valence-corrected chi connectivity index (χ4v) is 1.57. The fraction of sp³-hybridized carbons (Fsp3) is 0.333. The highest BCUT2D eigenvalue weighted by molar-refractivity contribution is 9.10. The first-order valence-electron chi connectivity index (χ1n) is 5.64. The van der Waals surface area contributed by atoms with Gasteiger partial charge in [-0.15, -0.1) is 11.6 Å². The molecule has 0 aliphatic carbocycles.